The first-order chi connectivity index (χ1) is 9.65. The van der Waals surface area contributed by atoms with Crippen LogP contribution in [0.15, 0.2) is 36.4 Å². The fourth-order valence-corrected chi connectivity index (χ4v) is 2.42. The van der Waals surface area contributed by atoms with Crippen LogP contribution in [0.5, 0.6) is 0 Å². The van der Waals surface area contributed by atoms with Crippen molar-refractivity contribution in [3.63, 3.8) is 0 Å². The fourth-order valence-electron chi connectivity index (χ4n) is 2.42. The highest BCUT2D eigenvalue weighted by atomic mass is 16.2. The number of rotatable bonds is 2. The van der Waals surface area contributed by atoms with Crippen LogP contribution >= 0.6 is 0 Å². The predicted molar refractivity (Wildman–Crippen MR) is 82.8 cm³/mol. The molecule has 0 unspecified atom stereocenters. The van der Waals surface area contributed by atoms with Crippen molar-refractivity contribution < 1.29 is 9.59 Å². The minimum atomic E-state index is -0.509. The number of hydrogen-bond acceptors (Lipinski definition) is 2. The zero-order valence-corrected chi connectivity index (χ0v) is 10.6. The highest BCUT2D eigenvalue weighted by molar-refractivity contribution is 6.98. The van der Waals surface area contributed by atoms with Gasteiger partial charge in [-0.1, -0.05) is 47.3 Å². The Morgan fingerprint density at radius 1 is 0.650 bits per heavy atom. The second-order valence-corrected chi connectivity index (χ2v) is 4.60. The predicted octanol–water partition coefficient (Wildman–Crippen LogP) is -0.441. The summed E-state index contributed by atoms with van der Waals surface area (Å²) < 4.78 is 0. The Labute approximate surface area is 121 Å². The highest BCUT2D eigenvalue weighted by Crippen LogP contribution is 2.32. The van der Waals surface area contributed by atoms with E-state index in [-0.39, 0.29) is 0 Å². The van der Waals surface area contributed by atoms with E-state index in [1.54, 1.807) is 12.1 Å². The van der Waals surface area contributed by atoms with Crippen LogP contribution in [0.1, 0.15) is 20.7 Å². The van der Waals surface area contributed by atoms with Crippen molar-refractivity contribution in [1.29, 1.82) is 0 Å². The van der Waals surface area contributed by atoms with Crippen LogP contribution in [0.4, 0.5) is 0 Å². The van der Waals surface area contributed by atoms with Crippen molar-refractivity contribution in [3.05, 3.63) is 47.5 Å². The lowest BCUT2D eigenvalue weighted by molar-refractivity contribution is 0.0815. The third-order valence-electron chi connectivity index (χ3n) is 3.46. The molecule has 0 heterocycles. The molecule has 3 rings (SSSR count). The lowest BCUT2D eigenvalue weighted by Gasteiger charge is -2.19. The lowest BCUT2D eigenvalue weighted by Crippen LogP contribution is -2.27. The molecule has 0 aromatic heterocycles. The summed E-state index contributed by atoms with van der Waals surface area (Å²) >= 11 is 0. The molecular formula is C14H6B4O2. The molecule has 6 radical (unpaired) electrons. The summed E-state index contributed by atoms with van der Waals surface area (Å²) in [6.07, 6.45) is 0. The van der Waals surface area contributed by atoms with Crippen LogP contribution in [0.25, 0.3) is 11.1 Å². The normalized spacial score (nSPS) is 12.6. The van der Waals surface area contributed by atoms with Crippen molar-refractivity contribution in [2.45, 2.75) is 0 Å². The average Bonchev–Trinajstić information content (AvgIpc) is 2.51. The standard InChI is InChI=1S/C14H6B4O2/c15-17-7-1-3-9-10-4-2-8(18-16)6-12(10)14(20)13(19)11(9)5-7/h1-6H. The van der Waals surface area contributed by atoms with Gasteiger partial charge in [0, 0.05) is 26.6 Å². The molecule has 0 aliphatic heterocycles. The van der Waals surface area contributed by atoms with Gasteiger partial charge in [0.1, 0.15) is 0 Å². The van der Waals surface area contributed by atoms with Crippen LogP contribution in [-0.2, 0) is 0 Å². The monoisotopic (exact) mass is 250 g/mol. The summed E-state index contributed by atoms with van der Waals surface area (Å²) in [4.78, 5) is 24.4. The van der Waals surface area contributed by atoms with E-state index in [9.17, 15) is 9.59 Å². The smallest absolute Gasteiger partial charge is 0.234 e. The number of benzene rings is 2. The summed E-state index contributed by atoms with van der Waals surface area (Å²) in [7, 11) is 13.7. The summed E-state index contributed by atoms with van der Waals surface area (Å²) in [5.74, 6) is -1.02. The molecule has 2 aromatic rings. The van der Waals surface area contributed by atoms with Crippen molar-refractivity contribution in [2.75, 3.05) is 0 Å². The minimum absolute atomic E-state index is 0.395. The van der Waals surface area contributed by atoms with E-state index in [1.165, 1.54) is 14.3 Å². The maximum absolute atomic E-state index is 12.2. The van der Waals surface area contributed by atoms with Crippen molar-refractivity contribution in [2.24, 2.45) is 0 Å². The molecule has 2 nitrogen and oxygen atoms in total. The number of ketones is 2. The van der Waals surface area contributed by atoms with Crippen LogP contribution in [0, 0.1) is 0 Å². The first kappa shape index (κ1) is 13.0. The topological polar surface area (TPSA) is 34.1 Å². The van der Waals surface area contributed by atoms with Gasteiger partial charge in [-0.05, 0) is 11.1 Å². The summed E-state index contributed by atoms with van der Waals surface area (Å²) in [5.41, 5.74) is 3.70. The first-order valence-corrected chi connectivity index (χ1v) is 6.13. The molecule has 0 N–H and O–H groups in total. The van der Waals surface area contributed by atoms with Crippen LogP contribution in [-0.4, -0.2) is 41.4 Å². The van der Waals surface area contributed by atoms with Gasteiger partial charge in [-0.25, -0.2) is 0 Å². The molecule has 6 heteroatoms. The third-order valence-corrected chi connectivity index (χ3v) is 3.46. The van der Waals surface area contributed by atoms with Crippen molar-refractivity contribution in [3.8, 4) is 11.1 Å². The number of carbonyl (C=O) groups is 2. The van der Waals surface area contributed by atoms with Crippen LogP contribution < -0.4 is 10.9 Å². The van der Waals surface area contributed by atoms with Gasteiger partial charge in [-0.3, -0.25) is 9.59 Å². The van der Waals surface area contributed by atoms with Gasteiger partial charge in [-0.2, -0.15) is 0 Å². The van der Waals surface area contributed by atoms with E-state index in [1.807, 2.05) is 24.3 Å². The van der Waals surface area contributed by atoms with Gasteiger partial charge in [0.2, 0.25) is 11.6 Å². The molecule has 0 spiro atoms. The molecule has 1 aliphatic rings. The van der Waals surface area contributed by atoms with Gasteiger partial charge in [0.05, 0.1) is 14.3 Å². The molecule has 2 aromatic carbocycles. The van der Waals surface area contributed by atoms with Gasteiger partial charge in [0.15, 0.2) is 0 Å². The molecule has 0 saturated heterocycles. The Hall–Kier alpha value is -1.96. The average molecular weight is 249 g/mol. The molecule has 20 heavy (non-hydrogen) atoms. The Bertz CT molecular complexity index is 676. The van der Waals surface area contributed by atoms with Crippen molar-refractivity contribution >= 4 is 52.3 Å². The van der Waals surface area contributed by atoms with E-state index in [0.717, 1.165) is 11.1 Å². The van der Waals surface area contributed by atoms with Gasteiger partial charge < -0.3 is 0 Å². The van der Waals surface area contributed by atoms with Crippen molar-refractivity contribution in [1.82, 2.24) is 0 Å². The summed E-state index contributed by atoms with van der Waals surface area (Å²) in [5, 5.41) is 0. The molecule has 86 valence electrons. The molecule has 0 amide bonds. The maximum atomic E-state index is 12.2. The van der Waals surface area contributed by atoms with Gasteiger partial charge in [0.25, 0.3) is 0 Å². The largest absolute Gasteiger partial charge is 0.285 e. The molecule has 0 fully saturated rings. The Balaban J connectivity index is 2.27. The number of Topliss-reactive ketones (excluding diaryl/α,β-unsaturated/α-hetero) is 2. The lowest BCUT2D eigenvalue weighted by atomic mass is 9.50. The fraction of sp³-hybridized carbons (Fsp3) is 0. The molecule has 0 bridgehead atoms. The second-order valence-electron chi connectivity index (χ2n) is 4.60. The van der Waals surface area contributed by atoms with E-state index in [0.29, 0.717) is 22.1 Å². The van der Waals surface area contributed by atoms with Gasteiger partial charge in [-0.15, -0.1) is 0 Å². The van der Waals surface area contributed by atoms with E-state index in [4.69, 9.17) is 15.5 Å². The van der Waals surface area contributed by atoms with E-state index in [2.05, 4.69) is 0 Å². The summed E-state index contributed by atoms with van der Waals surface area (Å²) in [6.45, 7) is 0. The number of carbonyl (C=O) groups excluding carboxylic acids is 2. The first-order valence-electron chi connectivity index (χ1n) is 6.13. The van der Waals surface area contributed by atoms with Crippen LogP contribution in [0.3, 0.4) is 0 Å². The summed E-state index contributed by atoms with van der Waals surface area (Å²) in [6, 6.07) is 10.5. The SMILES string of the molecule is [B][B]c1ccc2c(c1)C(=O)C(=O)c1cc([B][B])ccc1-2. The van der Waals surface area contributed by atoms with E-state index >= 15 is 0 Å². The third kappa shape index (κ3) is 1.87. The molecule has 0 saturated carbocycles. The maximum Gasteiger partial charge on any atom is 0.234 e. The molecule has 1 aliphatic carbocycles. The molecule has 0 atom stereocenters. The quantitative estimate of drug-likeness (QED) is 0.534. The number of fused-ring (bicyclic) bond motifs is 3. The zero-order valence-electron chi connectivity index (χ0n) is 10.6. The van der Waals surface area contributed by atoms with Gasteiger partial charge >= 0.3 is 0 Å². The Morgan fingerprint density at radius 3 is 1.40 bits per heavy atom. The van der Waals surface area contributed by atoms with Crippen LogP contribution in [0.2, 0.25) is 0 Å². The number of hydrogen-bond donors (Lipinski definition) is 0. The Kier molecular flexibility index (Phi) is 3.17. The molecular weight excluding hydrogens is 243 g/mol. The zero-order chi connectivity index (χ0) is 14.3. The highest BCUT2D eigenvalue weighted by Gasteiger charge is 2.30. The Morgan fingerprint density at radius 2 is 1.05 bits per heavy atom. The second kappa shape index (κ2) is 4.86. The minimum Gasteiger partial charge on any atom is -0.285 e. The van der Waals surface area contributed by atoms with E-state index < -0.39 is 11.6 Å².